The Morgan fingerprint density at radius 2 is 1.89 bits per heavy atom. The highest BCUT2D eigenvalue weighted by molar-refractivity contribution is 5.82. The first-order chi connectivity index (χ1) is 8.58. The Labute approximate surface area is 106 Å². The molecule has 1 heterocycles. The van der Waals surface area contributed by atoms with E-state index in [1.807, 2.05) is 0 Å². The van der Waals surface area contributed by atoms with Gasteiger partial charge in [0, 0.05) is 26.2 Å². The van der Waals surface area contributed by atoms with E-state index >= 15 is 0 Å². The normalized spacial score (nSPS) is 18.4. The summed E-state index contributed by atoms with van der Waals surface area (Å²) in [6, 6.07) is -1.65. The number of carbonyl (C=O) groups is 2. The summed E-state index contributed by atoms with van der Waals surface area (Å²) >= 11 is 0. The van der Waals surface area contributed by atoms with Gasteiger partial charge in [-0.3, -0.25) is 4.90 Å². The smallest absolute Gasteiger partial charge is 0.328 e. The van der Waals surface area contributed by atoms with E-state index in [4.69, 9.17) is 10.2 Å². The molecule has 0 aromatic rings. The molecule has 0 saturated carbocycles. The molecule has 1 atom stereocenters. The fourth-order valence-corrected chi connectivity index (χ4v) is 1.92. The second-order valence-electron chi connectivity index (χ2n) is 4.35. The average molecular weight is 259 g/mol. The number of piperazine rings is 1. The SMILES string of the molecule is CCCN1CCN(C(=O)N[C@H](CO)C(=O)O)CC1. The molecular weight excluding hydrogens is 238 g/mol. The molecule has 7 heteroatoms. The van der Waals surface area contributed by atoms with Crippen molar-refractivity contribution in [3.8, 4) is 0 Å². The van der Waals surface area contributed by atoms with Gasteiger partial charge in [0.05, 0.1) is 6.61 Å². The van der Waals surface area contributed by atoms with E-state index in [0.29, 0.717) is 13.1 Å². The van der Waals surface area contributed by atoms with Gasteiger partial charge in [0.25, 0.3) is 0 Å². The quantitative estimate of drug-likeness (QED) is 0.599. The van der Waals surface area contributed by atoms with Gasteiger partial charge in [0.1, 0.15) is 0 Å². The Bertz CT molecular complexity index is 290. The van der Waals surface area contributed by atoms with Gasteiger partial charge in [0.15, 0.2) is 6.04 Å². The lowest BCUT2D eigenvalue weighted by molar-refractivity contribution is -0.140. The molecule has 1 aliphatic heterocycles. The van der Waals surface area contributed by atoms with Crippen molar-refractivity contribution in [2.24, 2.45) is 0 Å². The third-order valence-electron chi connectivity index (χ3n) is 2.98. The highest BCUT2D eigenvalue weighted by atomic mass is 16.4. The number of carboxylic acid groups (broad SMARTS) is 1. The van der Waals surface area contributed by atoms with Crippen molar-refractivity contribution in [2.75, 3.05) is 39.3 Å². The van der Waals surface area contributed by atoms with Gasteiger partial charge in [-0.15, -0.1) is 0 Å². The minimum atomic E-state index is -1.23. The van der Waals surface area contributed by atoms with Crippen LogP contribution in [0.15, 0.2) is 0 Å². The Morgan fingerprint density at radius 1 is 1.28 bits per heavy atom. The molecule has 0 aromatic heterocycles. The molecular formula is C11H21N3O4. The van der Waals surface area contributed by atoms with Gasteiger partial charge in [-0.05, 0) is 13.0 Å². The highest BCUT2D eigenvalue weighted by Crippen LogP contribution is 2.03. The molecule has 1 rings (SSSR count). The van der Waals surface area contributed by atoms with Gasteiger partial charge in [0.2, 0.25) is 0 Å². The van der Waals surface area contributed by atoms with Crippen LogP contribution in [0.25, 0.3) is 0 Å². The van der Waals surface area contributed by atoms with E-state index in [0.717, 1.165) is 26.1 Å². The number of aliphatic hydroxyl groups excluding tert-OH is 1. The summed E-state index contributed by atoms with van der Waals surface area (Å²) in [5, 5.41) is 19.9. The van der Waals surface area contributed by atoms with Crippen LogP contribution in [-0.4, -0.2) is 77.4 Å². The van der Waals surface area contributed by atoms with Crippen LogP contribution in [0.5, 0.6) is 0 Å². The molecule has 1 fully saturated rings. The summed E-state index contributed by atoms with van der Waals surface area (Å²) in [5.74, 6) is -1.23. The first-order valence-electron chi connectivity index (χ1n) is 6.20. The first-order valence-corrected chi connectivity index (χ1v) is 6.20. The zero-order chi connectivity index (χ0) is 13.5. The first kappa shape index (κ1) is 14.7. The summed E-state index contributed by atoms with van der Waals surface area (Å²) in [7, 11) is 0. The maximum Gasteiger partial charge on any atom is 0.328 e. The summed E-state index contributed by atoms with van der Waals surface area (Å²) in [5.41, 5.74) is 0. The van der Waals surface area contributed by atoms with Crippen molar-refractivity contribution < 1.29 is 19.8 Å². The summed E-state index contributed by atoms with van der Waals surface area (Å²) < 4.78 is 0. The Kier molecular flexibility index (Phi) is 5.87. The molecule has 2 amide bonds. The zero-order valence-electron chi connectivity index (χ0n) is 10.6. The number of nitrogens with zero attached hydrogens (tertiary/aromatic N) is 2. The number of carbonyl (C=O) groups excluding carboxylic acids is 1. The van der Waals surface area contributed by atoms with Gasteiger partial charge in [-0.2, -0.15) is 0 Å². The van der Waals surface area contributed by atoms with Crippen LogP contribution in [0.1, 0.15) is 13.3 Å². The summed E-state index contributed by atoms with van der Waals surface area (Å²) in [6.07, 6.45) is 1.08. The van der Waals surface area contributed by atoms with Gasteiger partial charge in [-0.1, -0.05) is 6.92 Å². The van der Waals surface area contributed by atoms with Gasteiger partial charge >= 0.3 is 12.0 Å². The second kappa shape index (κ2) is 7.17. The molecule has 18 heavy (non-hydrogen) atoms. The number of amides is 2. The van der Waals surface area contributed by atoms with Crippen molar-refractivity contribution in [1.29, 1.82) is 0 Å². The molecule has 0 radical (unpaired) electrons. The molecule has 104 valence electrons. The molecule has 0 aliphatic carbocycles. The van der Waals surface area contributed by atoms with Crippen LogP contribution in [-0.2, 0) is 4.79 Å². The average Bonchev–Trinajstić information content (AvgIpc) is 2.36. The van der Waals surface area contributed by atoms with E-state index in [1.165, 1.54) is 0 Å². The maximum absolute atomic E-state index is 11.8. The molecule has 0 bridgehead atoms. The Balaban J connectivity index is 2.38. The number of nitrogens with one attached hydrogen (secondary N) is 1. The van der Waals surface area contributed by atoms with E-state index in [-0.39, 0.29) is 0 Å². The topological polar surface area (TPSA) is 93.1 Å². The maximum atomic E-state index is 11.8. The van der Waals surface area contributed by atoms with Crippen molar-refractivity contribution in [1.82, 2.24) is 15.1 Å². The van der Waals surface area contributed by atoms with E-state index in [9.17, 15) is 9.59 Å². The number of aliphatic carboxylic acids is 1. The van der Waals surface area contributed by atoms with Crippen molar-refractivity contribution in [3.05, 3.63) is 0 Å². The number of urea groups is 1. The molecule has 1 aliphatic rings. The summed E-state index contributed by atoms with van der Waals surface area (Å²) in [6.45, 7) is 5.31. The Morgan fingerprint density at radius 3 is 2.33 bits per heavy atom. The summed E-state index contributed by atoms with van der Waals surface area (Å²) in [4.78, 5) is 26.3. The van der Waals surface area contributed by atoms with Crippen LogP contribution in [0.2, 0.25) is 0 Å². The zero-order valence-corrected chi connectivity index (χ0v) is 10.6. The Hall–Kier alpha value is -1.34. The van der Waals surface area contributed by atoms with E-state index in [1.54, 1.807) is 4.90 Å². The van der Waals surface area contributed by atoms with Crippen molar-refractivity contribution in [2.45, 2.75) is 19.4 Å². The predicted octanol–water partition coefficient (Wildman–Crippen LogP) is -0.831. The molecule has 0 aromatic carbocycles. The second-order valence-corrected chi connectivity index (χ2v) is 4.35. The molecule has 7 nitrogen and oxygen atoms in total. The molecule has 3 N–H and O–H groups in total. The molecule has 0 unspecified atom stereocenters. The van der Waals surface area contributed by atoms with E-state index < -0.39 is 24.6 Å². The molecule has 1 saturated heterocycles. The van der Waals surface area contributed by atoms with E-state index in [2.05, 4.69) is 17.1 Å². The monoisotopic (exact) mass is 259 g/mol. The number of hydrogen-bond donors (Lipinski definition) is 3. The minimum absolute atomic E-state index is 0.424. The van der Waals surface area contributed by atoms with Crippen LogP contribution >= 0.6 is 0 Å². The largest absolute Gasteiger partial charge is 0.480 e. The number of rotatable bonds is 5. The number of carboxylic acids is 1. The fraction of sp³-hybridized carbons (Fsp3) is 0.818. The lowest BCUT2D eigenvalue weighted by Gasteiger charge is -2.34. The van der Waals surface area contributed by atoms with Gasteiger partial charge in [-0.25, -0.2) is 9.59 Å². The number of aliphatic hydroxyl groups is 1. The van der Waals surface area contributed by atoms with Crippen LogP contribution < -0.4 is 5.32 Å². The van der Waals surface area contributed by atoms with Crippen molar-refractivity contribution in [3.63, 3.8) is 0 Å². The number of hydrogen-bond acceptors (Lipinski definition) is 4. The lowest BCUT2D eigenvalue weighted by atomic mass is 10.3. The van der Waals surface area contributed by atoms with Crippen LogP contribution in [0.3, 0.4) is 0 Å². The van der Waals surface area contributed by atoms with Crippen LogP contribution in [0, 0.1) is 0 Å². The lowest BCUT2D eigenvalue weighted by Crippen LogP contribution is -2.55. The highest BCUT2D eigenvalue weighted by Gasteiger charge is 2.25. The molecule has 0 spiro atoms. The van der Waals surface area contributed by atoms with Crippen LogP contribution in [0.4, 0.5) is 4.79 Å². The third kappa shape index (κ3) is 4.15. The van der Waals surface area contributed by atoms with Crippen molar-refractivity contribution >= 4 is 12.0 Å². The third-order valence-corrected chi connectivity index (χ3v) is 2.98. The van der Waals surface area contributed by atoms with Gasteiger partial charge < -0.3 is 20.4 Å². The predicted molar refractivity (Wildman–Crippen MR) is 65.3 cm³/mol. The standard InChI is InChI=1S/C11H21N3O4/c1-2-3-13-4-6-14(7-5-13)11(18)12-9(8-15)10(16)17/h9,15H,2-8H2,1H3,(H,12,18)(H,16,17)/t9-/m1/s1. The minimum Gasteiger partial charge on any atom is -0.480 e. The fourth-order valence-electron chi connectivity index (χ4n) is 1.92.